The van der Waals surface area contributed by atoms with E-state index >= 15 is 0 Å². The first kappa shape index (κ1) is 17.0. The number of phenolic OH excluding ortho intramolecular Hbond substituents is 2. The van der Waals surface area contributed by atoms with Gasteiger partial charge in [-0.3, -0.25) is 4.98 Å². The van der Waals surface area contributed by atoms with Gasteiger partial charge < -0.3 is 14.9 Å². The molecule has 0 atom stereocenters. The van der Waals surface area contributed by atoms with Crippen molar-refractivity contribution >= 4 is 21.9 Å². The molecule has 2 aromatic carbocycles. The number of fused-ring (bicyclic) bond motifs is 3. The van der Waals surface area contributed by atoms with Crippen LogP contribution in [-0.2, 0) is 6.18 Å². The van der Waals surface area contributed by atoms with Crippen molar-refractivity contribution in [3.8, 4) is 17.2 Å². The van der Waals surface area contributed by atoms with E-state index in [-0.39, 0.29) is 28.0 Å². The molecule has 0 aliphatic carbocycles. The Kier molecular flexibility index (Phi) is 3.62. The standard InChI is InChI=1S/C20H12F3NO3/c1-10-12(18-13(20(21,22)23)3-2-8-24-18)9-27-15-7-5-11-4-6-14(25)19(26)17(11)16(10)15/h2-9,25-26H,1H2. The van der Waals surface area contributed by atoms with Crippen LogP contribution in [0.2, 0.25) is 0 Å². The monoisotopic (exact) mass is 371 g/mol. The molecule has 136 valence electrons. The molecule has 0 radical (unpaired) electrons. The predicted octanol–water partition coefficient (Wildman–Crippen LogP) is 5.11. The molecule has 2 heterocycles. The minimum atomic E-state index is -4.61. The summed E-state index contributed by atoms with van der Waals surface area (Å²) in [6.45, 7) is 3.91. The van der Waals surface area contributed by atoms with Crippen LogP contribution in [0.3, 0.4) is 0 Å². The number of allylic oxidation sites excluding steroid dienone is 2. The van der Waals surface area contributed by atoms with Gasteiger partial charge in [-0.15, -0.1) is 0 Å². The maximum absolute atomic E-state index is 13.4. The van der Waals surface area contributed by atoms with Crippen molar-refractivity contribution < 1.29 is 28.1 Å². The van der Waals surface area contributed by atoms with E-state index in [9.17, 15) is 23.4 Å². The fraction of sp³-hybridized carbons (Fsp3) is 0.0500. The maximum atomic E-state index is 13.4. The number of nitrogens with zero attached hydrogens (tertiary/aromatic N) is 1. The van der Waals surface area contributed by atoms with Crippen LogP contribution < -0.4 is 4.74 Å². The molecule has 3 aromatic rings. The predicted molar refractivity (Wildman–Crippen MR) is 94.2 cm³/mol. The number of benzene rings is 2. The molecule has 4 nitrogen and oxygen atoms in total. The number of pyridine rings is 1. The van der Waals surface area contributed by atoms with Crippen LogP contribution in [-0.4, -0.2) is 15.2 Å². The zero-order chi connectivity index (χ0) is 19.3. The number of halogens is 3. The summed E-state index contributed by atoms with van der Waals surface area (Å²) in [5.74, 6) is -0.442. The molecule has 1 aliphatic heterocycles. The minimum Gasteiger partial charge on any atom is -0.504 e. The third kappa shape index (κ3) is 2.59. The average Bonchev–Trinajstić information content (AvgIpc) is 2.64. The molecule has 7 heteroatoms. The van der Waals surface area contributed by atoms with Crippen molar-refractivity contribution in [3.63, 3.8) is 0 Å². The second-order valence-corrected chi connectivity index (χ2v) is 6.00. The van der Waals surface area contributed by atoms with Crippen LogP contribution in [0.15, 0.2) is 55.4 Å². The molecule has 0 unspecified atom stereocenters. The van der Waals surface area contributed by atoms with Gasteiger partial charge in [-0.05, 0) is 35.2 Å². The Bertz CT molecular complexity index is 1130. The van der Waals surface area contributed by atoms with Gasteiger partial charge in [0.05, 0.1) is 11.3 Å². The average molecular weight is 371 g/mol. The first-order chi connectivity index (χ1) is 12.8. The van der Waals surface area contributed by atoms with Crippen LogP contribution >= 0.6 is 0 Å². The lowest BCUT2D eigenvalue weighted by atomic mass is 9.89. The van der Waals surface area contributed by atoms with Gasteiger partial charge in [0.15, 0.2) is 11.5 Å². The number of phenols is 2. The van der Waals surface area contributed by atoms with E-state index in [1.807, 2.05) is 0 Å². The number of ether oxygens (including phenoxy) is 1. The first-order valence-corrected chi connectivity index (χ1v) is 7.85. The van der Waals surface area contributed by atoms with Crippen molar-refractivity contribution in [2.75, 3.05) is 0 Å². The van der Waals surface area contributed by atoms with Crippen molar-refractivity contribution in [2.24, 2.45) is 0 Å². The Morgan fingerprint density at radius 3 is 2.52 bits per heavy atom. The Hall–Kier alpha value is -3.48. The summed E-state index contributed by atoms with van der Waals surface area (Å²) in [5.41, 5.74) is -0.691. The Labute approximate surface area is 151 Å². The van der Waals surface area contributed by atoms with Crippen molar-refractivity contribution in [1.82, 2.24) is 4.98 Å². The molecule has 0 amide bonds. The van der Waals surface area contributed by atoms with Gasteiger partial charge in [0.25, 0.3) is 0 Å². The van der Waals surface area contributed by atoms with Crippen LogP contribution in [0.1, 0.15) is 16.8 Å². The van der Waals surface area contributed by atoms with Gasteiger partial charge in [-0.25, -0.2) is 0 Å². The second kappa shape index (κ2) is 5.77. The van der Waals surface area contributed by atoms with Crippen LogP contribution in [0.25, 0.3) is 21.9 Å². The van der Waals surface area contributed by atoms with Gasteiger partial charge >= 0.3 is 6.18 Å². The molecule has 2 N–H and O–H groups in total. The quantitative estimate of drug-likeness (QED) is 0.584. The van der Waals surface area contributed by atoms with Gasteiger partial charge in [-0.2, -0.15) is 13.2 Å². The summed E-state index contributed by atoms with van der Waals surface area (Å²) in [7, 11) is 0. The molecule has 0 saturated heterocycles. The fourth-order valence-corrected chi connectivity index (χ4v) is 3.14. The Morgan fingerprint density at radius 2 is 1.78 bits per heavy atom. The molecular formula is C20H12F3NO3. The number of aromatic hydroxyl groups is 2. The van der Waals surface area contributed by atoms with Gasteiger partial charge in [0, 0.05) is 22.7 Å². The lowest BCUT2D eigenvalue weighted by Gasteiger charge is -2.23. The van der Waals surface area contributed by atoms with E-state index < -0.39 is 17.5 Å². The van der Waals surface area contributed by atoms with Crippen LogP contribution in [0.5, 0.6) is 17.2 Å². The summed E-state index contributed by atoms with van der Waals surface area (Å²) >= 11 is 0. The van der Waals surface area contributed by atoms with Crippen molar-refractivity contribution in [2.45, 2.75) is 6.18 Å². The zero-order valence-electron chi connectivity index (χ0n) is 13.7. The number of hydrogen-bond donors (Lipinski definition) is 2. The van der Waals surface area contributed by atoms with E-state index in [2.05, 4.69) is 11.6 Å². The highest BCUT2D eigenvalue weighted by atomic mass is 19.4. The molecular weight excluding hydrogens is 359 g/mol. The minimum absolute atomic E-state index is 0.0469. The fourth-order valence-electron chi connectivity index (χ4n) is 3.14. The first-order valence-electron chi connectivity index (χ1n) is 7.85. The lowest BCUT2D eigenvalue weighted by Crippen LogP contribution is -2.12. The van der Waals surface area contributed by atoms with E-state index in [0.717, 1.165) is 12.3 Å². The highest BCUT2D eigenvalue weighted by Gasteiger charge is 2.36. The smallest absolute Gasteiger partial charge is 0.418 e. The Balaban J connectivity index is 1.96. The Morgan fingerprint density at radius 1 is 1.04 bits per heavy atom. The number of hydrogen-bond acceptors (Lipinski definition) is 4. The molecule has 0 fully saturated rings. The molecule has 0 saturated carbocycles. The van der Waals surface area contributed by atoms with E-state index in [0.29, 0.717) is 16.7 Å². The molecule has 0 bridgehead atoms. The van der Waals surface area contributed by atoms with Crippen LogP contribution in [0.4, 0.5) is 13.2 Å². The molecule has 27 heavy (non-hydrogen) atoms. The maximum Gasteiger partial charge on any atom is 0.418 e. The summed E-state index contributed by atoms with van der Waals surface area (Å²) in [5, 5.41) is 21.0. The normalized spacial score (nSPS) is 13.9. The third-order valence-corrected chi connectivity index (χ3v) is 4.40. The topological polar surface area (TPSA) is 62.6 Å². The lowest BCUT2D eigenvalue weighted by molar-refractivity contribution is -0.138. The molecule has 0 spiro atoms. The van der Waals surface area contributed by atoms with E-state index in [1.165, 1.54) is 18.3 Å². The molecule has 4 rings (SSSR count). The third-order valence-electron chi connectivity index (χ3n) is 4.40. The summed E-state index contributed by atoms with van der Waals surface area (Å²) in [6, 6.07) is 8.33. The van der Waals surface area contributed by atoms with Gasteiger partial charge in [-0.1, -0.05) is 18.7 Å². The zero-order valence-corrected chi connectivity index (χ0v) is 13.7. The largest absolute Gasteiger partial charge is 0.504 e. The van der Waals surface area contributed by atoms with Crippen molar-refractivity contribution in [3.05, 3.63) is 72.3 Å². The van der Waals surface area contributed by atoms with E-state index in [4.69, 9.17) is 4.74 Å². The van der Waals surface area contributed by atoms with Gasteiger partial charge in [0.2, 0.25) is 0 Å². The summed E-state index contributed by atoms with van der Waals surface area (Å²) < 4.78 is 45.7. The number of rotatable bonds is 1. The van der Waals surface area contributed by atoms with Crippen molar-refractivity contribution in [1.29, 1.82) is 0 Å². The summed E-state index contributed by atoms with van der Waals surface area (Å²) in [6.07, 6.45) is -2.20. The molecule has 1 aliphatic rings. The number of alkyl halides is 3. The van der Waals surface area contributed by atoms with E-state index in [1.54, 1.807) is 18.2 Å². The molecule has 1 aromatic heterocycles. The SMILES string of the molecule is C=C1C(c2ncccc2C(F)(F)F)=COc2ccc3ccc(O)c(O)c3c21. The second-order valence-electron chi connectivity index (χ2n) is 6.00. The highest BCUT2D eigenvalue weighted by Crippen LogP contribution is 2.48. The highest BCUT2D eigenvalue weighted by molar-refractivity contribution is 6.14. The van der Waals surface area contributed by atoms with Crippen LogP contribution in [0, 0.1) is 0 Å². The number of aromatic nitrogens is 1. The summed E-state index contributed by atoms with van der Waals surface area (Å²) in [4.78, 5) is 3.87. The van der Waals surface area contributed by atoms with Gasteiger partial charge in [0.1, 0.15) is 12.0 Å².